The Morgan fingerprint density at radius 2 is 2.00 bits per heavy atom. The summed E-state index contributed by atoms with van der Waals surface area (Å²) in [5, 5.41) is 11.0. The number of likely N-dealkylation sites (N-methyl/N-ethyl adjacent to an activating group) is 1. The van der Waals surface area contributed by atoms with Crippen LogP contribution in [0.25, 0.3) is 0 Å². The second-order valence-electron chi connectivity index (χ2n) is 5.10. The summed E-state index contributed by atoms with van der Waals surface area (Å²) < 4.78 is 31.5. The van der Waals surface area contributed by atoms with Gasteiger partial charge in [0.15, 0.2) is 5.75 Å². The molecule has 0 amide bonds. The lowest BCUT2D eigenvalue weighted by atomic mass is 10.3. The van der Waals surface area contributed by atoms with Crippen molar-refractivity contribution < 1.29 is 23.0 Å². The van der Waals surface area contributed by atoms with Gasteiger partial charge < -0.3 is 9.64 Å². The Kier molecular flexibility index (Phi) is 4.99. The fourth-order valence-electron chi connectivity index (χ4n) is 2.52. The van der Waals surface area contributed by atoms with Gasteiger partial charge in [0.1, 0.15) is 0 Å². The summed E-state index contributed by atoms with van der Waals surface area (Å²) in [6, 6.07) is 3.73. The highest BCUT2D eigenvalue weighted by atomic mass is 32.2. The molecule has 1 aliphatic rings. The molecule has 0 bridgehead atoms. The third-order valence-corrected chi connectivity index (χ3v) is 5.81. The quantitative estimate of drug-likeness (QED) is 0.581. The smallest absolute Gasteiger partial charge is 0.312 e. The van der Waals surface area contributed by atoms with Gasteiger partial charge in [0.25, 0.3) is 0 Å². The van der Waals surface area contributed by atoms with Crippen LogP contribution in [-0.2, 0) is 10.0 Å². The van der Waals surface area contributed by atoms with E-state index in [4.69, 9.17) is 4.74 Å². The number of hydrogen-bond donors (Lipinski definition) is 1. The average molecular weight is 330 g/mol. The van der Waals surface area contributed by atoms with Crippen molar-refractivity contribution in [3.63, 3.8) is 0 Å². The molecule has 1 heterocycles. The van der Waals surface area contributed by atoms with Crippen LogP contribution >= 0.6 is 0 Å². The first-order valence-electron chi connectivity index (χ1n) is 7.06. The summed E-state index contributed by atoms with van der Waals surface area (Å²) in [7, 11) is -2.41. The van der Waals surface area contributed by atoms with Crippen molar-refractivity contribution in [2.45, 2.75) is 11.8 Å². The Morgan fingerprint density at radius 1 is 1.36 bits per heavy atom. The molecule has 0 atom stereocenters. The van der Waals surface area contributed by atoms with E-state index in [1.54, 1.807) is 0 Å². The molecular weight excluding hydrogens is 310 g/mol. The van der Waals surface area contributed by atoms with Crippen LogP contribution < -0.4 is 9.64 Å². The summed E-state index contributed by atoms with van der Waals surface area (Å²) in [6.45, 7) is 5.35. The zero-order valence-electron chi connectivity index (χ0n) is 12.6. The van der Waals surface area contributed by atoms with E-state index in [1.165, 1.54) is 28.4 Å². The highest BCUT2D eigenvalue weighted by molar-refractivity contribution is 7.89. The van der Waals surface area contributed by atoms with E-state index < -0.39 is 14.9 Å². The summed E-state index contributed by atoms with van der Waals surface area (Å²) in [4.78, 5) is 11.7. The van der Waals surface area contributed by atoms with E-state index in [0.29, 0.717) is 13.1 Å². The van der Waals surface area contributed by atoms with Gasteiger partial charge in [0, 0.05) is 6.07 Å². The van der Waals surface area contributed by atoms with Gasteiger partial charge >= 0.3 is 5.69 Å². The minimum atomic E-state index is -3.71. The van der Waals surface area contributed by atoms with Gasteiger partial charge in [-0.3, -0.25) is 10.1 Å². The lowest BCUT2D eigenvalue weighted by molar-refractivity contribution is -0.901. The molecule has 8 nitrogen and oxygen atoms in total. The summed E-state index contributed by atoms with van der Waals surface area (Å²) in [5.41, 5.74) is -0.346. The monoisotopic (exact) mass is 330 g/mol. The van der Waals surface area contributed by atoms with Crippen LogP contribution in [0.4, 0.5) is 5.69 Å². The number of ether oxygens (including phenoxy) is 1. The van der Waals surface area contributed by atoms with Crippen molar-refractivity contribution in [3.8, 4) is 5.75 Å². The molecule has 1 fully saturated rings. The fourth-order valence-corrected chi connectivity index (χ4v) is 3.98. The topological polar surface area (TPSA) is 94.2 Å². The number of methoxy groups -OCH3 is 1. The number of sulfonamides is 1. The number of nitro groups is 1. The van der Waals surface area contributed by atoms with Gasteiger partial charge in [-0.05, 0) is 19.1 Å². The minimum Gasteiger partial charge on any atom is -0.490 e. The van der Waals surface area contributed by atoms with Gasteiger partial charge in [-0.25, -0.2) is 8.42 Å². The second kappa shape index (κ2) is 6.59. The Balaban J connectivity index is 2.30. The number of nitrogens with zero attached hydrogens (tertiary/aromatic N) is 2. The van der Waals surface area contributed by atoms with Crippen LogP contribution in [0, 0.1) is 10.1 Å². The van der Waals surface area contributed by atoms with Crippen LogP contribution in [0.2, 0.25) is 0 Å². The van der Waals surface area contributed by atoms with Gasteiger partial charge in [0.2, 0.25) is 10.0 Å². The molecule has 22 heavy (non-hydrogen) atoms. The van der Waals surface area contributed by atoms with Crippen molar-refractivity contribution in [1.29, 1.82) is 0 Å². The number of nitro benzene ring substituents is 1. The van der Waals surface area contributed by atoms with Crippen molar-refractivity contribution in [3.05, 3.63) is 28.3 Å². The van der Waals surface area contributed by atoms with Crippen molar-refractivity contribution in [2.75, 3.05) is 39.8 Å². The molecule has 1 aromatic carbocycles. The minimum absolute atomic E-state index is 0.0456. The zero-order valence-corrected chi connectivity index (χ0v) is 13.4. The maximum absolute atomic E-state index is 12.6. The standard InChI is InChI=1S/C13H19N3O5S/c1-3-14-6-8-15(9-7-14)22(19,20)11-4-5-13(21-2)12(10-11)16(17)18/h4-5,10H,3,6-9H2,1-2H3/p+1. The van der Waals surface area contributed by atoms with Gasteiger partial charge in [0.05, 0.1) is 49.7 Å². The number of rotatable bonds is 5. The fraction of sp³-hybridized carbons (Fsp3) is 0.538. The second-order valence-corrected chi connectivity index (χ2v) is 7.04. The molecule has 0 radical (unpaired) electrons. The zero-order chi connectivity index (χ0) is 16.3. The van der Waals surface area contributed by atoms with E-state index in [-0.39, 0.29) is 16.3 Å². The Hall–Kier alpha value is -1.71. The summed E-state index contributed by atoms with van der Waals surface area (Å²) >= 11 is 0. The molecule has 2 rings (SSSR count). The van der Waals surface area contributed by atoms with Crippen LogP contribution in [0.3, 0.4) is 0 Å². The van der Waals surface area contributed by atoms with Crippen molar-refractivity contribution in [2.24, 2.45) is 0 Å². The van der Waals surface area contributed by atoms with Crippen LogP contribution in [0.1, 0.15) is 6.92 Å². The molecule has 1 aromatic rings. The van der Waals surface area contributed by atoms with E-state index in [1.807, 2.05) is 0 Å². The number of quaternary nitrogens is 1. The van der Waals surface area contributed by atoms with Crippen LogP contribution in [0.15, 0.2) is 23.1 Å². The molecule has 1 saturated heterocycles. The molecular formula is C13H20N3O5S+. The molecule has 122 valence electrons. The predicted octanol–water partition coefficient (Wildman–Crippen LogP) is -0.487. The lowest BCUT2D eigenvalue weighted by Gasteiger charge is -2.30. The van der Waals surface area contributed by atoms with Crippen LogP contribution in [0.5, 0.6) is 5.75 Å². The van der Waals surface area contributed by atoms with Gasteiger partial charge in [-0.2, -0.15) is 4.31 Å². The molecule has 0 saturated carbocycles. The first kappa shape index (κ1) is 16.7. The number of nitrogens with one attached hydrogen (secondary N) is 1. The predicted molar refractivity (Wildman–Crippen MR) is 79.6 cm³/mol. The van der Waals surface area contributed by atoms with Crippen LogP contribution in [-0.4, -0.2) is 57.5 Å². The maximum Gasteiger partial charge on any atom is 0.312 e. The van der Waals surface area contributed by atoms with E-state index >= 15 is 0 Å². The molecule has 1 aliphatic heterocycles. The number of benzene rings is 1. The molecule has 1 N–H and O–H groups in total. The first-order valence-corrected chi connectivity index (χ1v) is 8.50. The number of hydrogen-bond acceptors (Lipinski definition) is 5. The third-order valence-electron chi connectivity index (χ3n) is 3.91. The Morgan fingerprint density at radius 3 is 2.50 bits per heavy atom. The number of piperazine rings is 1. The van der Waals surface area contributed by atoms with E-state index in [2.05, 4.69) is 6.92 Å². The maximum atomic E-state index is 12.6. The molecule has 0 aliphatic carbocycles. The average Bonchev–Trinajstić information content (AvgIpc) is 2.54. The third kappa shape index (κ3) is 3.21. The molecule has 9 heteroatoms. The summed E-state index contributed by atoms with van der Waals surface area (Å²) in [6.07, 6.45) is 0. The normalized spacial score (nSPS) is 17.4. The van der Waals surface area contributed by atoms with Crippen molar-refractivity contribution >= 4 is 15.7 Å². The largest absolute Gasteiger partial charge is 0.490 e. The van der Waals surface area contributed by atoms with E-state index in [9.17, 15) is 18.5 Å². The first-order chi connectivity index (χ1) is 10.4. The highest BCUT2D eigenvalue weighted by Gasteiger charge is 2.31. The van der Waals surface area contributed by atoms with Gasteiger partial charge in [-0.15, -0.1) is 0 Å². The van der Waals surface area contributed by atoms with E-state index in [0.717, 1.165) is 25.7 Å². The lowest BCUT2D eigenvalue weighted by Crippen LogP contribution is -3.14. The van der Waals surface area contributed by atoms with Gasteiger partial charge in [-0.1, -0.05) is 0 Å². The SMILES string of the molecule is CC[NH+]1CCN(S(=O)(=O)c2ccc(OC)c([N+](=O)[O-])c2)CC1. The highest BCUT2D eigenvalue weighted by Crippen LogP contribution is 2.30. The summed E-state index contributed by atoms with van der Waals surface area (Å²) in [5.74, 6) is 0.0456. The molecule has 0 spiro atoms. The van der Waals surface area contributed by atoms with Crippen molar-refractivity contribution in [1.82, 2.24) is 4.31 Å². The Bertz CT molecular complexity index is 654. The Labute approximate surface area is 129 Å². The molecule has 0 unspecified atom stereocenters. The molecule has 0 aromatic heterocycles.